The van der Waals surface area contributed by atoms with Crippen molar-refractivity contribution >= 4 is 35.1 Å². The van der Waals surface area contributed by atoms with E-state index in [4.69, 9.17) is 14.2 Å². The van der Waals surface area contributed by atoms with E-state index in [9.17, 15) is 9.59 Å². The third kappa shape index (κ3) is 9.05. The van der Waals surface area contributed by atoms with Gasteiger partial charge in [0, 0.05) is 39.3 Å². The molecule has 0 aromatic carbocycles. The van der Waals surface area contributed by atoms with Crippen LogP contribution in [0.5, 0.6) is 5.75 Å². The van der Waals surface area contributed by atoms with Crippen LogP contribution in [-0.2, 0) is 15.9 Å². The molecule has 10 nitrogen and oxygen atoms in total. The van der Waals surface area contributed by atoms with Gasteiger partial charge in [0.2, 0.25) is 0 Å². The molecular weight excluding hydrogens is 553 g/mol. The van der Waals surface area contributed by atoms with Crippen molar-refractivity contribution in [3.63, 3.8) is 0 Å². The molecule has 2 aromatic heterocycles. The van der Waals surface area contributed by atoms with Crippen LogP contribution < -0.4 is 19.9 Å². The highest BCUT2D eigenvalue weighted by Gasteiger charge is 2.30. The Morgan fingerprint density at radius 1 is 1.00 bits per heavy atom. The molecule has 2 aromatic rings. The van der Waals surface area contributed by atoms with Crippen LogP contribution in [0.1, 0.15) is 84.2 Å². The van der Waals surface area contributed by atoms with Crippen LogP contribution in [0.2, 0.25) is 0 Å². The van der Waals surface area contributed by atoms with E-state index in [0.29, 0.717) is 41.5 Å². The Morgan fingerprint density at radius 2 is 1.67 bits per heavy atom. The van der Waals surface area contributed by atoms with Crippen LogP contribution in [0.3, 0.4) is 0 Å². The number of fused-ring (bicyclic) bond motifs is 1. The zero-order chi connectivity index (χ0) is 32.1. The summed E-state index contributed by atoms with van der Waals surface area (Å²) in [6.07, 6.45) is 5.82. The molecule has 0 unspecified atom stereocenters. The Labute approximate surface area is 254 Å². The lowest BCUT2D eigenvalue weighted by Crippen LogP contribution is -2.34. The Kier molecular flexibility index (Phi) is 10.6. The molecule has 2 aliphatic rings. The lowest BCUT2D eigenvalue weighted by molar-refractivity contribution is 0.0539. The number of anilines is 3. The number of allylic oxidation sites excluding steroid dienone is 2. The Hall–Kier alpha value is -3.89. The number of halogens is 1. The van der Waals surface area contributed by atoms with Gasteiger partial charge in [0.25, 0.3) is 0 Å². The van der Waals surface area contributed by atoms with Crippen molar-refractivity contribution in [1.29, 1.82) is 0 Å². The first-order valence-corrected chi connectivity index (χ1v) is 14.6. The van der Waals surface area contributed by atoms with E-state index in [-0.39, 0.29) is 17.5 Å². The number of carbonyl (C=O) groups excluding carboxylic acids is 2. The van der Waals surface area contributed by atoms with Crippen LogP contribution >= 0.6 is 0 Å². The summed E-state index contributed by atoms with van der Waals surface area (Å²) in [5.41, 5.74) is 2.57. The van der Waals surface area contributed by atoms with Gasteiger partial charge in [0.15, 0.2) is 17.4 Å². The fourth-order valence-corrected chi connectivity index (χ4v) is 4.60. The molecule has 0 bridgehead atoms. The van der Waals surface area contributed by atoms with Crippen molar-refractivity contribution in [1.82, 2.24) is 15.3 Å². The Balaban J connectivity index is 0.000000489. The fourth-order valence-electron chi connectivity index (χ4n) is 4.60. The molecule has 3 heterocycles. The van der Waals surface area contributed by atoms with Gasteiger partial charge in [-0.15, -0.1) is 0 Å². The van der Waals surface area contributed by atoms with Crippen molar-refractivity contribution in [3.8, 4) is 5.75 Å². The van der Waals surface area contributed by atoms with Crippen molar-refractivity contribution in [2.24, 2.45) is 0 Å². The number of carbonyl (C=O) groups is 2. The third-order valence-electron chi connectivity index (χ3n) is 6.59. The number of hydrogen-bond acceptors (Lipinski definition) is 8. The first-order valence-electron chi connectivity index (χ1n) is 14.6. The molecule has 1 aliphatic heterocycles. The SMILES string of the molecule is CNC(=O)OC(C)(C)C.Cc1cc(N(C)C(=O)OC(C)(C)C)cc(N(C)c2nc3c(c(C4=CCCCC4)c2F)OCC3)n1. The van der Waals surface area contributed by atoms with Crippen LogP contribution in [0, 0.1) is 12.7 Å². The summed E-state index contributed by atoms with van der Waals surface area (Å²) in [5.74, 6) is 0.862. The molecule has 11 heteroatoms. The number of aromatic nitrogens is 2. The van der Waals surface area contributed by atoms with Crippen LogP contribution in [0.4, 0.5) is 31.3 Å². The maximum Gasteiger partial charge on any atom is 0.414 e. The number of alkyl carbamates (subject to hydrolysis) is 1. The van der Waals surface area contributed by atoms with Gasteiger partial charge in [0.1, 0.15) is 17.0 Å². The minimum atomic E-state index is -0.614. The summed E-state index contributed by atoms with van der Waals surface area (Å²) in [4.78, 5) is 35.4. The predicted octanol–water partition coefficient (Wildman–Crippen LogP) is 7.10. The van der Waals surface area contributed by atoms with E-state index in [1.165, 1.54) is 11.9 Å². The molecule has 4 rings (SSSR count). The summed E-state index contributed by atoms with van der Waals surface area (Å²) >= 11 is 0. The lowest BCUT2D eigenvalue weighted by atomic mass is 9.92. The number of nitrogens with one attached hydrogen (secondary N) is 1. The molecule has 0 spiro atoms. The fraction of sp³-hybridized carbons (Fsp3) is 0.562. The molecule has 0 saturated carbocycles. The smallest absolute Gasteiger partial charge is 0.414 e. The van der Waals surface area contributed by atoms with Crippen molar-refractivity contribution < 1.29 is 28.2 Å². The Morgan fingerprint density at radius 3 is 2.23 bits per heavy atom. The minimum absolute atomic E-state index is 0.203. The van der Waals surface area contributed by atoms with Gasteiger partial charge in [-0.1, -0.05) is 6.08 Å². The van der Waals surface area contributed by atoms with E-state index >= 15 is 4.39 Å². The zero-order valence-corrected chi connectivity index (χ0v) is 27.2. The van der Waals surface area contributed by atoms with Gasteiger partial charge in [-0.2, -0.15) is 0 Å². The van der Waals surface area contributed by atoms with E-state index in [0.717, 1.165) is 37.0 Å². The van der Waals surface area contributed by atoms with Gasteiger partial charge < -0.3 is 24.4 Å². The first-order chi connectivity index (χ1) is 20.0. The highest BCUT2D eigenvalue weighted by molar-refractivity contribution is 5.88. The number of amides is 2. The number of hydrogen-bond donors (Lipinski definition) is 1. The van der Waals surface area contributed by atoms with Gasteiger partial charge in [-0.25, -0.2) is 23.9 Å². The first kappa shape index (κ1) is 33.6. The second-order valence-corrected chi connectivity index (χ2v) is 12.6. The summed E-state index contributed by atoms with van der Waals surface area (Å²) in [5, 5.41) is 2.36. The maximum absolute atomic E-state index is 16.0. The van der Waals surface area contributed by atoms with Crippen LogP contribution in [0.15, 0.2) is 18.2 Å². The molecule has 0 fully saturated rings. The topological polar surface area (TPSA) is 106 Å². The normalized spacial score (nSPS) is 14.3. The maximum atomic E-state index is 16.0. The molecule has 1 aliphatic carbocycles. The summed E-state index contributed by atoms with van der Waals surface area (Å²) in [6.45, 7) is 13.3. The molecule has 0 radical (unpaired) electrons. The van der Waals surface area contributed by atoms with Crippen LogP contribution in [-0.4, -0.2) is 61.1 Å². The average Bonchev–Trinajstić information content (AvgIpc) is 3.38. The van der Waals surface area contributed by atoms with Gasteiger partial charge in [-0.3, -0.25) is 4.90 Å². The average molecular weight is 600 g/mol. The van der Waals surface area contributed by atoms with Gasteiger partial charge in [-0.05, 0) is 85.8 Å². The third-order valence-corrected chi connectivity index (χ3v) is 6.59. The molecule has 2 amide bonds. The lowest BCUT2D eigenvalue weighted by Gasteiger charge is -2.26. The highest BCUT2D eigenvalue weighted by atomic mass is 19.1. The highest BCUT2D eigenvalue weighted by Crippen LogP contribution is 2.42. The molecule has 0 atom stereocenters. The monoisotopic (exact) mass is 599 g/mol. The second-order valence-electron chi connectivity index (χ2n) is 12.6. The van der Waals surface area contributed by atoms with Crippen molar-refractivity contribution in [3.05, 3.63) is 41.0 Å². The van der Waals surface area contributed by atoms with Crippen molar-refractivity contribution in [2.75, 3.05) is 37.5 Å². The second kappa shape index (κ2) is 13.6. The summed E-state index contributed by atoms with van der Waals surface area (Å²) < 4.78 is 32.1. The van der Waals surface area contributed by atoms with Gasteiger partial charge >= 0.3 is 12.2 Å². The minimum Gasteiger partial charge on any atom is -0.491 e. The van der Waals surface area contributed by atoms with E-state index < -0.39 is 17.5 Å². The van der Waals surface area contributed by atoms with E-state index in [1.54, 1.807) is 31.1 Å². The quantitative estimate of drug-likeness (QED) is 0.397. The van der Waals surface area contributed by atoms with E-state index in [2.05, 4.69) is 21.4 Å². The molecule has 236 valence electrons. The Bertz CT molecular complexity index is 1360. The molecule has 43 heavy (non-hydrogen) atoms. The summed E-state index contributed by atoms with van der Waals surface area (Å²) in [7, 11) is 4.92. The van der Waals surface area contributed by atoms with Gasteiger partial charge in [0.05, 0.1) is 23.6 Å². The zero-order valence-electron chi connectivity index (χ0n) is 27.2. The molecule has 0 saturated heterocycles. The molecule has 1 N–H and O–H groups in total. The number of rotatable bonds is 4. The standard InChI is InChI=1S/C26H33FN4O3.C6H13NO2/c1-16-14-18(30(5)25(32)34-26(2,3)4)15-20(28-16)31(6)24-22(27)21(17-10-8-7-9-11-17)23-19(29-24)12-13-33-23;1-6(2,3)9-5(8)7-4/h10,14-15H,7-9,11-13H2,1-6H3;1-4H3,(H,7,8). The summed E-state index contributed by atoms with van der Waals surface area (Å²) in [6, 6.07) is 3.53. The van der Waals surface area contributed by atoms with E-state index in [1.807, 2.05) is 48.5 Å². The largest absolute Gasteiger partial charge is 0.491 e. The number of nitrogens with zero attached hydrogens (tertiary/aromatic N) is 4. The number of pyridine rings is 2. The molecular formula is C32H46FN5O5. The van der Waals surface area contributed by atoms with Crippen molar-refractivity contribution in [2.45, 2.75) is 91.8 Å². The number of aryl methyl sites for hydroxylation is 1. The predicted molar refractivity (Wildman–Crippen MR) is 167 cm³/mol. The number of ether oxygens (including phenoxy) is 3. The van der Waals surface area contributed by atoms with Crippen LogP contribution in [0.25, 0.3) is 5.57 Å².